The van der Waals surface area contributed by atoms with Crippen LogP contribution in [-0.4, -0.2) is 5.11 Å². The van der Waals surface area contributed by atoms with Crippen LogP contribution >= 0.6 is 0 Å². The molecular weight excluding hydrogens is 292 g/mol. The molecule has 0 radical (unpaired) electrons. The topological polar surface area (TPSA) is 63.6 Å². The van der Waals surface area contributed by atoms with E-state index in [1.165, 1.54) is 6.07 Å². The Hall–Kier alpha value is -3.27. The summed E-state index contributed by atoms with van der Waals surface area (Å²) < 4.78 is 10.3. The Labute approximate surface area is 131 Å². The van der Waals surface area contributed by atoms with Crippen LogP contribution in [0.3, 0.4) is 0 Å². The fourth-order valence-corrected chi connectivity index (χ4v) is 2.78. The number of phenolic OH excluding ortho intramolecular Hbond substituents is 1. The minimum Gasteiger partial charge on any atom is -0.507 e. The number of fused-ring (bicyclic) bond motifs is 1. The number of benzene rings is 3. The van der Waals surface area contributed by atoms with Crippen LogP contribution in [0.15, 0.2) is 80.4 Å². The third-order valence-corrected chi connectivity index (χ3v) is 3.73. The number of hydrogen-bond donors (Lipinski definition) is 1. The lowest BCUT2D eigenvalue weighted by atomic mass is 9.93. The predicted molar refractivity (Wildman–Crippen MR) is 87.3 cm³/mol. The van der Waals surface area contributed by atoms with Crippen LogP contribution in [0.1, 0.15) is 0 Å². The van der Waals surface area contributed by atoms with Crippen LogP contribution in [0, 0.1) is 0 Å². The highest BCUT2D eigenvalue weighted by Gasteiger charge is 2.21. The molecule has 4 heteroatoms. The van der Waals surface area contributed by atoms with E-state index in [1.54, 1.807) is 0 Å². The van der Waals surface area contributed by atoms with Gasteiger partial charge in [-0.15, -0.1) is 0 Å². The Balaban J connectivity index is 2.17. The fraction of sp³-hybridized carbons (Fsp3) is 0. The van der Waals surface area contributed by atoms with Crippen LogP contribution in [0.5, 0.6) is 5.75 Å². The second-order valence-electron chi connectivity index (χ2n) is 5.16. The molecule has 0 bridgehead atoms. The van der Waals surface area contributed by atoms with E-state index in [-0.39, 0.29) is 11.3 Å². The van der Waals surface area contributed by atoms with Gasteiger partial charge in [0.1, 0.15) is 5.75 Å². The van der Waals surface area contributed by atoms with Crippen LogP contribution in [0.2, 0.25) is 0 Å². The molecule has 0 fully saturated rings. The quantitative estimate of drug-likeness (QED) is 0.595. The Morgan fingerprint density at radius 1 is 0.739 bits per heavy atom. The monoisotopic (exact) mass is 304 g/mol. The van der Waals surface area contributed by atoms with Gasteiger partial charge in [0.2, 0.25) is 0 Å². The maximum atomic E-state index is 11.5. The molecule has 0 aliphatic rings. The molecule has 1 N–H and O–H groups in total. The highest BCUT2D eigenvalue weighted by atomic mass is 16.6. The third-order valence-electron chi connectivity index (χ3n) is 3.73. The molecule has 3 aromatic carbocycles. The molecule has 1 aromatic heterocycles. The fourth-order valence-electron chi connectivity index (χ4n) is 2.78. The second-order valence-corrected chi connectivity index (χ2v) is 5.16. The Morgan fingerprint density at radius 3 is 1.91 bits per heavy atom. The molecule has 4 nitrogen and oxygen atoms in total. The standard InChI is InChI=1S/C19H12O4/c20-14-11-15-18(23-19(21)22-15)17(13-9-5-2-6-10-13)16(14)12-7-3-1-4-8-12/h1-11,20H. The molecule has 0 atom stereocenters. The van der Waals surface area contributed by atoms with Crippen molar-refractivity contribution in [1.29, 1.82) is 0 Å². The number of aromatic hydroxyl groups is 1. The molecule has 0 amide bonds. The van der Waals surface area contributed by atoms with Crippen molar-refractivity contribution in [3.8, 4) is 28.0 Å². The zero-order valence-corrected chi connectivity index (χ0v) is 12.0. The minimum atomic E-state index is -0.790. The van der Waals surface area contributed by atoms with Crippen LogP contribution < -0.4 is 5.82 Å². The van der Waals surface area contributed by atoms with Gasteiger partial charge < -0.3 is 13.9 Å². The van der Waals surface area contributed by atoms with E-state index in [9.17, 15) is 9.90 Å². The van der Waals surface area contributed by atoms with Gasteiger partial charge in [-0.3, -0.25) is 0 Å². The Morgan fingerprint density at radius 2 is 1.30 bits per heavy atom. The molecule has 4 rings (SSSR count). The van der Waals surface area contributed by atoms with Gasteiger partial charge in [-0.2, -0.15) is 0 Å². The van der Waals surface area contributed by atoms with Crippen LogP contribution in [0.4, 0.5) is 0 Å². The molecule has 1 heterocycles. The summed E-state index contributed by atoms with van der Waals surface area (Å²) in [6, 6.07) is 20.3. The molecule has 112 valence electrons. The van der Waals surface area contributed by atoms with Crippen molar-refractivity contribution in [2.75, 3.05) is 0 Å². The van der Waals surface area contributed by atoms with E-state index in [1.807, 2.05) is 60.7 Å². The van der Waals surface area contributed by atoms with Gasteiger partial charge in [-0.05, 0) is 11.1 Å². The summed E-state index contributed by atoms with van der Waals surface area (Å²) in [5.41, 5.74) is 3.46. The summed E-state index contributed by atoms with van der Waals surface area (Å²) in [6.45, 7) is 0. The smallest absolute Gasteiger partial charge is 0.507 e. The predicted octanol–water partition coefficient (Wildman–Crippen LogP) is 4.43. The Bertz CT molecular complexity index is 1030. The first-order valence-corrected chi connectivity index (χ1v) is 7.14. The van der Waals surface area contributed by atoms with Gasteiger partial charge in [0.15, 0.2) is 11.2 Å². The first-order chi connectivity index (χ1) is 11.2. The molecule has 0 aliphatic carbocycles. The van der Waals surface area contributed by atoms with Gasteiger partial charge in [-0.25, -0.2) is 4.79 Å². The number of phenols is 1. The summed E-state index contributed by atoms with van der Waals surface area (Å²) in [4.78, 5) is 11.5. The molecule has 23 heavy (non-hydrogen) atoms. The first kappa shape index (κ1) is 13.4. The van der Waals surface area contributed by atoms with Crippen molar-refractivity contribution in [1.82, 2.24) is 0 Å². The average Bonchev–Trinajstić information content (AvgIpc) is 2.95. The normalized spacial score (nSPS) is 11.0. The zero-order valence-electron chi connectivity index (χ0n) is 12.0. The van der Waals surface area contributed by atoms with Crippen molar-refractivity contribution in [2.24, 2.45) is 0 Å². The third kappa shape index (κ3) is 2.21. The molecule has 0 unspecified atom stereocenters. The van der Waals surface area contributed by atoms with Crippen LogP contribution in [0.25, 0.3) is 33.4 Å². The SMILES string of the molecule is O=c1oc2cc(O)c(-c3ccccc3)c(-c3ccccc3)c2o1. The molecule has 0 saturated carbocycles. The number of rotatable bonds is 2. The van der Waals surface area contributed by atoms with Gasteiger partial charge in [-0.1, -0.05) is 60.7 Å². The lowest BCUT2D eigenvalue weighted by Crippen LogP contribution is -1.88. The van der Waals surface area contributed by atoms with E-state index in [4.69, 9.17) is 8.83 Å². The molecule has 4 aromatic rings. The van der Waals surface area contributed by atoms with Crippen molar-refractivity contribution in [3.05, 3.63) is 77.3 Å². The van der Waals surface area contributed by atoms with Gasteiger partial charge >= 0.3 is 5.82 Å². The van der Waals surface area contributed by atoms with E-state index in [0.717, 1.165) is 11.1 Å². The van der Waals surface area contributed by atoms with Gasteiger partial charge in [0.25, 0.3) is 0 Å². The van der Waals surface area contributed by atoms with Crippen molar-refractivity contribution in [3.63, 3.8) is 0 Å². The molecule has 0 aliphatic heterocycles. The molecule has 0 spiro atoms. The zero-order chi connectivity index (χ0) is 15.8. The summed E-state index contributed by atoms with van der Waals surface area (Å²) in [6.07, 6.45) is 0. The Kier molecular flexibility index (Phi) is 3.01. The van der Waals surface area contributed by atoms with Gasteiger partial charge in [0, 0.05) is 17.2 Å². The maximum absolute atomic E-state index is 11.5. The summed E-state index contributed by atoms with van der Waals surface area (Å²) in [7, 11) is 0. The van der Waals surface area contributed by atoms with E-state index in [2.05, 4.69) is 0 Å². The summed E-state index contributed by atoms with van der Waals surface area (Å²) >= 11 is 0. The minimum absolute atomic E-state index is 0.0344. The van der Waals surface area contributed by atoms with Crippen molar-refractivity contribution in [2.45, 2.75) is 0 Å². The van der Waals surface area contributed by atoms with Crippen molar-refractivity contribution >= 4 is 11.2 Å². The summed E-state index contributed by atoms with van der Waals surface area (Å²) in [5.74, 6) is -0.756. The molecular formula is C19H12O4. The first-order valence-electron chi connectivity index (χ1n) is 7.14. The van der Waals surface area contributed by atoms with Crippen molar-refractivity contribution < 1.29 is 13.9 Å². The lowest BCUT2D eigenvalue weighted by molar-refractivity contribution is 0.409. The number of hydrogen-bond acceptors (Lipinski definition) is 4. The van der Waals surface area contributed by atoms with E-state index in [0.29, 0.717) is 16.7 Å². The van der Waals surface area contributed by atoms with E-state index < -0.39 is 5.82 Å². The lowest BCUT2D eigenvalue weighted by Gasteiger charge is -2.12. The maximum Gasteiger partial charge on any atom is 0.519 e. The van der Waals surface area contributed by atoms with E-state index >= 15 is 0 Å². The summed E-state index contributed by atoms with van der Waals surface area (Å²) in [5, 5.41) is 10.5. The largest absolute Gasteiger partial charge is 0.519 e. The highest BCUT2D eigenvalue weighted by molar-refractivity contribution is 6.01. The second kappa shape index (κ2) is 5.18. The molecule has 0 saturated heterocycles. The van der Waals surface area contributed by atoms with Crippen LogP contribution in [-0.2, 0) is 0 Å². The average molecular weight is 304 g/mol. The van der Waals surface area contributed by atoms with Gasteiger partial charge in [0.05, 0.1) is 0 Å². The highest BCUT2D eigenvalue weighted by Crippen LogP contribution is 2.43.